The summed E-state index contributed by atoms with van der Waals surface area (Å²) in [5.74, 6) is 0.570. The molecule has 0 amide bonds. The van der Waals surface area contributed by atoms with Crippen molar-refractivity contribution >= 4 is 5.69 Å². The number of nitrogens with two attached hydrogens (primary N) is 1. The Bertz CT molecular complexity index is 421. The van der Waals surface area contributed by atoms with E-state index in [2.05, 4.69) is 13.0 Å². The van der Waals surface area contributed by atoms with Gasteiger partial charge >= 0.3 is 0 Å². The van der Waals surface area contributed by atoms with Gasteiger partial charge in [-0.15, -0.1) is 0 Å². The maximum absolute atomic E-state index is 9.10. The maximum atomic E-state index is 9.10. The van der Waals surface area contributed by atoms with Gasteiger partial charge in [-0.2, -0.15) is 5.26 Å². The first-order chi connectivity index (χ1) is 8.65. The third kappa shape index (κ3) is 3.17. The van der Waals surface area contributed by atoms with Gasteiger partial charge in [0.15, 0.2) is 0 Å². The van der Waals surface area contributed by atoms with Crippen molar-refractivity contribution in [3.8, 4) is 11.9 Å². The highest BCUT2D eigenvalue weighted by Crippen LogP contribution is 2.31. The molecule has 0 fully saturated rings. The smallest absolute Gasteiger partial charge is 0.218 e. The van der Waals surface area contributed by atoms with Crippen LogP contribution >= 0.6 is 0 Å². The Labute approximate surface area is 108 Å². The number of nitriles is 1. The topological polar surface area (TPSA) is 73.2 Å². The summed E-state index contributed by atoms with van der Waals surface area (Å²) in [5, 5.41) is 9.10. The molecule has 0 saturated heterocycles. The van der Waals surface area contributed by atoms with E-state index in [0.29, 0.717) is 37.1 Å². The standard InChI is InChI=1S/C13H21N3O2/c1-4-10(3)16-11(9-14)8-12(15)13(16)18-7-6-17-5-2/h8,10H,4-7,15H2,1-3H3/t10-/m1/s1. The number of hydrogen-bond donors (Lipinski definition) is 1. The van der Waals surface area contributed by atoms with Gasteiger partial charge in [-0.25, -0.2) is 0 Å². The van der Waals surface area contributed by atoms with Crippen LogP contribution in [0.2, 0.25) is 0 Å². The van der Waals surface area contributed by atoms with E-state index >= 15 is 0 Å². The molecular weight excluding hydrogens is 230 g/mol. The molecule has 0 bridgehead atoms. The molecule has 0 radical (unpaired) electrons. The van der Waals surface area contributed by atoms with Crippen molar-refractivity contribution in [3.63, 3.8) is 0 Å². The normalized spacial score (nSPS) is 12.1. The summed E-state index contributed by atoms with van der Waals surface area (Å²) < 4.78 is 12.7. The van der Waals surface area contributed by atoms with E-state index in [1.807, 2.05) is 18.4 Å². The van der Waals surface area contributed by atoms with Crippen molar-refractivity contribution in [2.45, 2.75) is 33.2 Å². The Morgan fingerprint density at radius 2 is 2.17 bits per heavy atom. The van der Waals surface area contributed by atoms with Crippen LogP contribution in [0.1, 0.15) is 38.9 Å². The second-order valence-corrected chi connectivity index (χ2v) is 4.07. The molecule has 0 aliphatic carbocycles. The predicted octanol–water partition coefficient (Wildman–Crippen LogP) is 2.33. The minimum absolute atomic E-state index is 0.180. The van der Waals surface area contributed by atoms with Gasteiger partial charge in [0.1, 0.15) is 18.4 Å². The van der Waals surface area contributed by atoms with Gasteiger partial charge < -0.3 is 15.2 Å². The third-order valence-corrected chi connectivity index (χ3v) is 2.83. The Hall–Kier alpha value is -1.67. The maximum Gasteiger partial charge on any atom is 0.218 e. The van der Waals surface area contributed by atoms with Crippen LogP contribution in [0.5, 0.6) is 5.88 Å². The molecule has 18 heavy (non-hydrogen) atoms. The number of aromatic nitrogens is 1. The molecule has 1 rings (SSSR count). The lowest BCUT2D eigenvalue weighted by molar-refractivity contribution is 0.106. The highest BCUT2D eigenvalue weighted by Gasteiger charge is 2.18. The van der Waals surface area contributed by atoms with Crippen LogP contribution in [0.3, 0.4) is 0 Å². The van der Waals surface area contributed by atoms with Crippen molar-refractivity contribution in [3.05, 3.63) is 11.8 Å². The van der Waals surface area contributed by atoms with Crippen LogP contribution in [0, 0.1) is 11.3 Å². The van der Waals surface area contributed by atoms with Crippen molar-refractivity contribution in [2.75, 3.05) is 25.6 Å². The van der Waals surface area contributed by atoms with E-state index in [9.17, 15) is 0 Å². The SMILES string of the molecule is CCOCCOc1c(N)cc(C#N)n1[C@H](C)CC. The van der Waals surface area contributed by atoms with E-state index in [4.69, 9.17) is 20.5 Å². The molecule has 1 aromatic heterocycles. The fourth-order valence-electron chi connectivity index (χ4n) is 1.73. The number of nitrogens with zero attached hydrogens (tertiary/aromatic N) is 2. The first kappa shape index (κ1) is 14.4. The van der Waals surface area contributed by atoms with Gasteiger partial charge in [0.2, 0.25) is 5.88 Å². The molecule has 5 heteroatoms. The lowest BCUT2D eigenvalue weighted by Gasteiger charge is -2.17. The third-order valence-electron chi connectivity index (χ3n) is 2.83. The van der Waals surface area contributed by atoms with Gasteiger partial charge in [-0.05, 0) is 20.3 Å². The number of ether oxygens (including phenoxy) is 2. The van der Waals surface area contributed by atoms with Crippen LogP contribution in [0.15, 0.2) is 6.07 Å². The van der Waals surface area contributed by atoms with E-state index < -0.39 is 0 Å². The molecule has 2 N–H and O–H groups in total. The number of nitrogen functional groups attached to an aromatic ring is 1. The lowest BCUT2D eigenvalue weighted by Crippen LogP contribution is -2.13. The fourth-order valence-corrected chi connectivity index (χ4v) is 1.73. The fraction of sp³-hybridized carbons (Fsp3) is 0.615. The predicted molar refractivity (Wildman–Crippen MR) is 70.5 cm³/mol. The molecule has 0 aliphatic heterocycles. The average Bonchev–Trinajstić information content (AvgIpc) is 2.70. The first-order valence-electron chi connectivity index (χ1n) is 6.27. The highest BCUT2D eigenvalue weighted by molar-refractivity contribution is 5.55. The van der Waals surface area contributed by atoms with Crippen LogP contribution in [0.4, 0.5) is 5.69 Å². The Morgan fingerprint density at radius 1 is 1.44 bits per heavy atom. The number of hydrogen-bond acceptors (Lipinski definition) is 4. The Balaban J connectivity index is 2.88. The molecular formula is C13H21N3O2. The molecule has 1 heterocycles. The minimum Gasteiger partial charge on any atom is -0.475 e. The van der Waals surface area contributed by atoms with Gasteiger partial charge in [0, 0.05) is 18.7 Å². The van der Waals surface area contributed by atoms with Crippen molar-refractivity contribution < 1.29 is 9.47 Å². The molecule has 0 aromatic carbocycles. The average molecular weight is 251 g/mol. The van der Waals surface area contributed by atoms with Crippen LogP contribution in [-0.4, -0.2) is 24.4 Å². The van der Waals surface area contributed by atoms with Crippen LogP contribution in [0.25, 0.3) is 0 Å². The van der Waals surface area contributed by atoms with E-state index in [0.717, 1.165) is 6.42 Å². The van der Waals surface area contributed by atoms with Crippen molar-refractivity contribution in [1.29, 1.82) is 5.26 Å². The van der Waals surface area contributed by atoms with E-state index in [1.54, 1.807) is 6.07 Å². The van der Waals surface area contributed by atoms with Gasteiger partial charge in [0.05, 0.1) is 12.3 Å². The quantitative estimate of drug-likeness (QED) is 0.755. The Kier molecular flexibility index (Phi) is 5.53. The molecule has 0 unspecified atom stereocenters. The second-order valence-electron chi connectivity index (χ2n) is 4.07. The minimum atomic E-state index is 0.180. The van der Waals surface area contributed by atoms with Crippen LogP contribution in [-0.2, 0) is 4.74 Å². The monoisotopic (exact) mass is 251 g/mol. The molecule has 0 spiro atoms. The van der Waals surface area contributed by atoms with Gasteiger partial charge in [-0.3, -0.25) is 4.57 Å². The largest absolute Gasteiger partial charge is 0.475 e. The molecule has 1 atom stereocenters. The summed E-state index contributed by atoms with van der Waals surface area (Å²) in [4.78, 5) is 0. The number of rotatable bonds is 7. The summed E-state index contributed by atoms with van der Waals surface area (Å²) in [6.45, 7) is 7.65. The molecule has 1 aromatic rings. The summed E-state index contributed by atoms with van der Waals surface area (Å²) in [5.41, 5.74) is 6.93. The first-order valence-corrected chi connectivity index (χ1v) is 6.27. The van der Waals surface area contributed by atoms with Crippen molar-refractivity contribution in [2.24, 2.45) is 0 Å². The molecule has 100 valence electrons. The number of anilines is 1. The van der Waals surface area contributed by atoms with Crippen molar-refractivity contribution in [1.82, 2.24) is 4.57 Å². The van der Waals surface area contributed by atoms with Gasteiger partial charge in [-0.1, -0.05) is 6.92 Å². The lowest BCUT2D eigenvalue weighted by atomic mass is 10.2. The summed E-state index contributed by atoms with van der Waals surface area (Å²) in [6.07, 6.45) is 0.907. The molecule has 0 saturated carbocycles. The highest BCUT2D eigenvalue weighted by atomic mass is 16.5. The summed E-state index contributed by atoms with van der Waals surface area (Å²) in [7, 11) is 0. The second kappa shape index (κ2) is 6.92. The van der Waals surface area contributed by atoms with E-state index in [1.165, 1.54) is 0 Å². The van der Waals surface area contributed by atoms with Crippen LogP contribution < -0.4 is 10.5 Å². The zero-order valence-electron chi connectivity index (χ0n) is 11.3. The molecule has 5 nitrogen and oxygen atoms in total. The summed E-state index contributed by atoms with van der Waals surface area (Å²) >= 11 is 0. The van der Waals surface area contributed by atoms with Gasteiger partial charge in [0.25, 0.3) is 0 Å². The molecule has 0 aliphatic rings. The Morgan fingerprint density at radius 3 is 2.72 bits per heavy atom. The van der Waals surface area contributed by atoms with E-state index in [-0.39, 0.29) is 6.04 Å². The summed E-state index contributed by atoms with van der Waals surface area (Å²) in [6, 6.07) is 3.98. The zero-order valence-corrected chi connectivity index (χ0v) is 11.3. The zero-order chi connectivity index (χ0) is 13.5.